The van der Waals surface area contributed by atoms with Crippen molar-refractivity contribution in [3.05, 3.63) is 28.8 Å². The molecule has 0 aliphatic carbocycles. The highest BCUT2D eigenvalue weighted by Gasteiger charge is 2.21. The molecule has 1 rings (SSSR count). The molecule has 4 heteroatoms. The lowest BCUT2D eigenvalue weighted by molar-refractivity contribution is 0.157. The molecule has 108 valence electrons. The van der Waals surface area contributed by atoms with Crippen LogP contribution in [0.1, 0.15) is 38.8 Å². The Hall–Kier alpha value is -0.770. The van der Waals surface area contributed by atoms with E-state index in [9.17, 15) is 0 Å². The van der Waals surface area contributed by atoms with Crippen LogP contribution in [0.25, 0.3) is 0 Å². The molecule has 2 N–H and O–H groups in total. The number of nitrogens with two attached hydrogens (primary N) is 1. The number of methoxy groups -OCH3 is 1. The average molecular weight is 285 g/mol. The predicted molar refractivity (Wildman–Crippen MR) is 81.9 cm³/mol. The van der Waals surface area contributed by atoms with Crippen molar-refractivity contribution < 1.29 is 4.74 Å². The lowest BCUT2D eigenvalue weighted by Crippen LogP contribution is -2.39. The molecule has 0 fully saturated rings. The summed E-state index contributed by atoms with van der Waals surface area (Å²) in [5.74, 6) is 0.702. The normalized spacial score (nSPS) is 13.1. The molecule has 0 radical (unpaired) electrons. The third-order valence-corrected chi connectivity index (χ3v) is 3.62. The Morgan fingerprint density at radius 2 is 2.05 bits per heavy atom. The first kappa shape index (κ1) is 16.3. The largest absolute Gasteiger partial charge is 0.495 e. The van der Waals surface area contributed by atoms with Gasteiger partial charge in [-0.3, -0.25) is 4.90 Å². The maximum atomic E-state index is 6.21. The number of hydrogen-bond donors (Lipinski definition) is 1. The molecule has 0 saturated carbocycles. The Balaban J connectivity index is 3.04. The number of nitrogens with zero attached hydrogens (tertiary/aromatic N) is 1. The van der Waals surface area contributed by atoms with E-state index in [1.54, 1.807) is 7.11 Å². The van der Waals surface area contributed by atoms with Crippen LogP contribution in [0.4, 0.5) is 0 Å². The quantitative estimate of drug-likeness (QED) is 0.833. The van der Waals surface area contributed by atoms with Crippen molar-refractivity contribution in [1.82, 2.24) is 4.90 Å². The summed E-state index contributed by atoms with van der Waals surface area (Å²) in [6.07, 6.45) is 1.11. The standard InChI is InChI=1S/C15H25ClN2O/c1-5-8-18(11(2)3)14(10-17)12-6-7-15(19-4)13(16)9-12/h6-7,9,11,14H,5,8,10,17H2,1-4H3. The molecule has 0 aliphatic heterocycles. The van der Waals surface area contributed by atoms with E-state index in [1.807, 2.05) is 18.2 Å². The third-order valence-electron chi connectivity index (χ3n) is 3.33. The minimum absolute atomic E-state index is 0.198. The van der Waals surface area contributed by atoms with Gasteiger partial charge in [0.2, 0.25) is 0 Å². The maximum absolute atomic E-state index is 6.21. The van der Waals surface area contributed by atoms with Gasteiger partial charge >= 0.3 is 0 Å². The first-order valence-corrected chi connectivity index (χ1v) is 7.22. The second-order valence-corrected chi connectivity index (χ2v) is 5.38. The second-order valence-electron chi connectivity index (χ2n) is 4.98. The molecule has 0 bridgehead atoms. The first-order chi connectivity index (χ1) is 9.04. The van der Waals surface area contributed by atoms with E-state index in [2.05, 4.69) is 25.7 Å². The van der Waals surface area contributed by atoms with E-state index in [0.29, 0.717) is 23.4 Å². The minimum atomic E-state index is 0.198. The molecule has 1 aromatic rings. The second kappa shape index (κ2) is 7.73. The van der Waals surface area contributed by atoms with Gasteiger partial charge in [0.05, 0.1) is 12.1 Å². The van der Waals surface area contributed by atoms with Gasteiger partial charge in [-0.2, -0.15) is 0 Å². The van der Waals surface area contributed by atoms with E-state index in [4.69, 9.17) is 22.1 Å². The highest BCUT2D eigenvalue weighted by Crippen LogP contribution is 2.30. The van der Waals surface area contributed by atoms with Crippen LogP contribution in [0.15, 0.2) is 18.2 Å². The Labute approximate surface area is 121 Å². The van der Waals surface area contributed by atoms with E-state index in [-0.39, 0.29) is 6.04 Å². The molecule has 1 unspecified atom stereocenters. The van der Waals surface area contributed by atoms with Crippen LogP contribution in [0.5, 0.6) is 5.75 Å². The summed E-state index contributed by atoms with van der Waals surface area (Å²) in [6.45, 7) is 8.20. The summed E-state index contributed by atoms with van der Waals surface area (Å²) in [6, 6.07) is 6.57. The number of hydrogen-bond acceptors (Lipinski definition) is 3. The molecule has 0 aromatic heterocycles. The molecule has 1 aromatic carbocycles. The highest BCUT2D eigenvalue weighted by atomic mass is 35.5. The SMILES string of the molecule is CCCN(C(C)C)C(CN)c1ccc(OC)c(Cl)c1. The molecular formula is C15H25ClN2O. The lowest BCUT2D eigenvalue weighted by atomic mass is 10.0. The van der Waals surface area contributed by atoms with Crippen molar-refractivity contribution in [2.24, 2.45) is 5.73 Å². The fourth-order valence-electron chi connectivity index (χ4n) is 2.38. The van der Waals surface area contributed by atoms with Gasteiger partial charge in [0.1, 0.15) is 5.75 Å². The Morgan fingerprint density at radius 1 is 1.37 bits per heavy atom. The number of ether oxygens (including phenoxy) is 1. The van der Waals surface area contributed by atoms with Gasteiger partial charge in [0, 0.05) is 18.6 Å². The van der Waals surface area contributed by atoms with Crippen molar-refractivity contribution in [3.63, 3.8) is 0 Å². The molecule has 3 nitrogen and oxygen atoms in total. The molecule has 0 amide bonds. The Morgan fingerprint density at radius 3 is 2.47 bits per heavy atom. The Kier molecular flexibility index (Phi) is 6.63. The van der Waals surface area contributed by atoms with E-state index in [1.165, 1.54) is 0 Å². The van der Waals surface area contributed by atoms with Gasteiger partial charge in [-0.25, -0.2) is 0 Å². The first-order valence-electron chi connectivity index (χ1n) is 6.84. The van der Waals surface area contributed by atoms with Gasteiger partial charge in [0.25, 0.3) is 0 Å². The lowest BCUT2D eigenvalue weighted by Gasteiger charge is -2.34. The summed E-state index contributed by atoms with van der Waals surface area (Å²) in [5, 5.41) is 0.638. The fourth-order valence-corrected chi connectivity index (χ4v) is 2.65. The van der Waals surface area contributed by atoms with E-state index in [0.717, 1.165) is 18.5 Å². The fraction of sp³-hybridized carbons (Fsp3) is 0.600. The zero-order chi connectivity index (χ0) is 14.4. The van der Waals surface area contributed by atoms with Gasteiger partial charge in [0.15, 0.2) is 0 Å². The van der Waals surface area contributed by atoms with Crippen LogP contribution >= 0.6 is 11.6 Å². The van der Waals surface area contributed by atoms with Crippen LogP contribution in [-0.4, -0.2) is 31.1 Å². The van der Waals surface area contributed by atoms with E-state index < -0.39 is 0 Å². The summed E-state index contributed by atoms with van der Waals surface area (Å²) in [7, 11) is 1.62. The zero-order valence-corrected chi connectivity index (χ0v) is 13.1. The average Bonchev–Trinajstić information content (AvgIpc) is 2.38. The van der Waals surface area contributed by atoms with Crippen molar-refractivity contribution >= 4 is 11.6 Å². The van der Waals surface area contributed by atoms with Crippen molar-refractivity contribution in [3.8, 4) is 5.75 Å². The number of rotatable bonds is 7. The molecular weight excluding hydrogens is 260 g/mol. The van der Waals surface area contributed by atoms with Crippen LogP contribution in [0.3, 0.4) is 0 Å². The maximum Gasteiger partial charge on any atom is 0.137 e. The van der Waals surface area contributed by atoms with E-state index >= 15 is 0 Å². The molecule has 1 atom stereocenters. The van der Waals surface area contributed by atoms with Gasteiger partial charge in [-0.1, -0.05) is 24.6 Å². The smallest absolute Gasteiger partial charge is 0.137 e. The molecule has 0 aliphatic rings. The number of benzene rings is 1. The summed E-state index contributed by atoms with van der Waals surface area (Å²) < 4.78 is 5.19. The van der Waals surface area contributed by atoms with Gasteiger partial charge < -0.3 is 10.5 Å². The monoisotopic (exact) mass is 284 g/mol. The van der Waals surface area contributed by atoms with Crippen molar-refractivity contribution in [2.75, 3.05) is 20.2 Å². The zero-order valence-electron chi connectivity index (χ0n) is 12.3. The predicted octanol–water partition coefficient (Wildman–Crippen LogP) is 3.47. The Bertz CT molecular complexity index is 396. The highest BCUT2D eigenvalue weighted by molar-refractivity contribution is 6.32. The van der Waals surface area contributed by atoms with Crippen molar-refractivity contribution in [1.29, 1.82) is 0 Å². The van der Waals surface area contributed by atoms with Gasteiger partial charge in [-0.15, -0.1) is 0 Å². The summed E-state index contributed by atoms with van der Waals surface area (Å²) in [5.41, 5.74) is 7.13. The number of halogens is 1. The van der Waals surface area contributed by atoms with Crippen molar-refractivity contribution in [2.45, 2.75) is 39.3 Å². The molecule has 19 heavy (non-hydrogen) atoms. The molecule has 0 saturated heterocycles. The topological polar surface area (TPSA) is 38.5 Å². The van der Waals surface area contributed by atoms with Gasteiger partial charge in [-0.05, 0) is 44.5 Å². The minimum Gasteiger partial charge on any atom is -0.495 e. The van der Waals surface area contributed by atoms with Crippen LogP contribution in [-0.2, 0) is 0 Å². The molecule has 0 spiro atoms. The van der Waals surface area contributed by atoms with Crippen LogP contribution < -0.4 is 10.5 Å². The molecule has 0 heterocycles. The third kappa shape index (κ3) is 4.10. The van der Waals surface area contributed by atoms with Crippen LogP contribution in [0.2, 0.25) is 5.02 Å². The van der Waals surface area contributed by atoms with Crippen LogP contribution in [0, 0.1) is 0 Å². The summed E-state index contributed by atoms with van der Waals surface area (Å²) >= 11 is 6.21. The summed E-state index contributed by atoms with van der Waals surface area (Å²) in [4.78, 5) is 2.41.